The van der Waals surface area contributed by atoms with Crippen molar-refractivity contribution in [1.29, 1.82) is 0 Å². The number of hydrogen-bond donors (Lipinski definition) is 4. The molecule has 0 aromatic rings. The van der Waals surface area contributed by atoms with Crippen LogP contribution >= 0.6 is 20.2 Å². The predicted molar refractivity (Wildman–Crippen MR) is 64.5 cm³/mol. The Bertz CT molecular complexity index is 218. The Morgan fingerprint density at radius 3 is 2.13 bits per heavy atom. The molecule has 0 heterocycles. The molecule has 0 aromatic carbocycles. The van der Waals surface area contributed by atoms with E-state index in [2.05, 4.69) is 12.6 Å². The van der Waals surface area contributed by atoms with E-state index in [-0.39, 0.29) is 6.61 Å². The van der Waals surface area contributed by atoms with Crippen molar-refractivity contribution < 1.29 is 19.5 Å². The van der Waals surface area contributed by atoms with Crippen LogP contribution in [0.3, 0.4) is 0 Å². The molecule has 0 saturated carbocycles. The van der Waals surface area contributed by atoms with E-state index in [1.165, 1.54) is 0 Å². The van der Waals surface area contributed by atoms with E-state index < -0.39 is 12.8 Å². The van der Waals surface area contributed by atoms with Crippen LogP contribution in [0.2, 0.25) is 0 Å². The highest BCUT2D eigenvalue weighted by molar-refractivity contribution is 7.80. The van der Waals surface area contributed by atoms with Crippen molar-refractivity contribution in [3.05, 3.63) is 0 Å². The molecule has 0 aliphatic rings. The molecule has 0 amide bonds. The van der Waals surface area contributed by atoms with Crippen LogP contribution in [0.15, 0.2) is 0 Å². The molecule has 0 aliphatic carbocycles. The van der Waals surface area contributed by atoms with Gasteiger partial charge in [-0.15, -0.1) is 0 Å². The molecule has 0 fully saturated rings. The van der Waals surface area contributed by atoms with Crippen LogP contribution in [0, 0.1) is 0 Å². The third kappa shape index (κ3) is 5.36. The average Bonchev–Trinajstić information content (AvgIpc) is 2.13. The van der Waals surface area contributed by atoms with Gasteiger partial charge in [0.15, 0.2) is 0 Å². The summed E-state index contributed by atoms with van der Waals surface area (Å²) in [6, 6.07) is 0. The first-order chi connectivity index (χ1) is 6.87. The molecule has 0 bridgehead atoms. The van der Waals surface area contributed by atoms with Gasteiger partial charge in [0.05, 0.1) is 5.16 Å². The van der Waals surface area contributed by atoms with Crippen LogP contribution in [0.25, 0.3) is 0 Å². The van der Waals surface area contributed by atoms with Gasteiger partial charge in [0.1, 0.15) is 0 Å². The van der Waals surface area contributed by atoms with E-state index in [9.17, 15) is 14.4 Å². The Morgan fingerprint density at radius 2 is 1.73 bits per heavy atom. The molecule has 1 unspecified atom stereocenters. The minimum absolute atomic E-state index is 0.0256. The van der Waals surface area contributed by atoms with Crippen molar-refractivity contribution in [3.63, 3.8) is 0 Å². The van der Waals surface area contributed by atoms with Gasteiger partial charge in [0.25, 0.3) is 0 Å². The van der Waals surface area contributed by atoms with Crippen molar-refractivity contribution in [2.24, 2.45) is 0 Å². The maximum Gasteiger partial charge on any atom is 0.331 e. The molecule has 0 radical (unpaired) electrons. The Morgan fingerprint density at radius 1 is 1.20 bits per heavy atom. The van der Waals surface area contributed by atoms with Gasteiger partial charge in [0, 0.05) is 6.61 Å². The van der Waals surface area contributed by atoms with Gasteiger partial charge in [0.2, 0.25) is 0 Å². The Labute approximate surface area is 96.7 Å². The summed E-state index contributed by atoms with van der Waals surface area (Å²) < 4.78 is 11.3. The summed E-state index contributed by atoms with van der Waals surface area (Å²) in [6.07, 6.45) is 2.90. The minimum atomic E-state index is -4.09. The zero-order chi connectivity index (χ0) is 11.9. The zero-order valence-electron chi connectivity index (χ0n) is 9.09. The van der Waals surface area contributed by atoms with Crippen molar-refractivity contribution in [2.75, 3.05) is 12.4 Å². The molecule has 4 nitrogen and oxygen atoms in total. The third-order valence-corrected chi connectivity index (χ3v) is 4.87. The molecule has 3 N–H and O–H groups in total. The first-order valence-corrected chi connectivity index (χ1v) is 7.39. The van der Waals surface area contributed by atoms with E-state index >= 15 is 0 Å². The molecule has 0 aromatic heterocycles. The second kappa shape index (κ2) is 6.92. The fourth-order valence-corrected chi connectivity index (χ4v) is 2.62. The second-order valence-electron chi connectivity index (χ2n) is 4.05. The van der Waals surface area contributed by atoms with E-state index in [1.54, 1.807) is 6.92 Å². The zero-order valence-corrected chi connectivity index (χ0v) is 10.9. The maximum absolute atomic E-state index is 11.3. The van der Waals surface area contributed by atoms with Gasteiger partial charge < -0.3 is 14.9 Å². The smallest absolute Gasteiger partial charge is 0.331 e. The van der Waals surface area contributed by atoms with Gasteiger partial charge in [-0.25, -0.2) is 0 Å². The first-order valence-electron chi connectivity index (χ1n) is 5.15. The summed E-state index contributed by atoms with van der Waals surface area (Å²) in [6.45, 7) is 1.57. The van der Waals surface area contributed by atoms with E-state index in [0.717, 1.165) is 18.6 Å². The summed E-state index contributed by atoms with van der Waals surface area (Å²) in [4.78, 5) is 18.5. The minimum Gasteiger partial charge on any atom is -0.396 e. The maximum atomic E-state index is 11.3. The molecule has 0 rings (SSSR count). The third-order valence-electron chi connectivity index (χ3n) is 2.70. The van der Waals surface area contributed by atoms with E-state index in [0.29, 0.717) is 19.3 Å². The van der Waals surface area contributed by atoms with Gasteiger partial charge in [-0.05, 0) is 38.4 Å². The van der Waals surface area contributed by atoms with E-state index in [1.807, 2.05) is 0 Å². The van der Waals surface area contributed by atoms with Gasteiger partial charge in [-0.1, -0.05) is 6.42 Å². The van der Waals surface area contributed by atoms with Gasteiger partial charge >= 0.3 is 7.60 Å². The quantitative estimate of drug-likeness (QED) is 0.303. The first kappa shape index (κ1) is 15.5. The van der Waals surface area contributed by atoms with Crippen LogP contribution in [-0.4, -0.2) is 32.4 Å². The summed E-state index contributed by atoms with van der Waals surface area (Å²) in [5.74, 6) is 0.733. The second-order valence-corrected chi connectivity index (χ2v) is 6.66. The topological polar surface area (TPSA) is 77.8 Å². The van der Waals surface area contributed by atoms with Crippen molar-refractivity contribution in [1.82, 2.24) is 0 Å². The molecular formula is C9H21O4PS. The summed E-state index contributed by atoms with van der Waals surface area (Å²) in [7, 11) is -4.09. The Hall–Kier alpha value is 0.460. The average molecular weight is 256 g/mol. The van der Waals surface area contributed by atoms with Crippen LogP contribution in [-0.2, 0) is 4.57 Å². The number of rotatable bonds is 8. The molecule has 0 aliphatic heterocycles. The lowest BCUT2D eigenvalue weighted by atomic mass is 9.98. The fourth-order valence-electron chi connectivity index (χ4n) is 1.49. The number of thiol groups is 1. The Balaban J connectivity index is 4.35. The Kier molecular flexibility index (Phi) is 7.13. The van der Waals surface area contributed by atoms with E-state index in [4.69, 9.17) is 5.11 Å². The lowest BCUT2D eigenvalue weighted by Crippen LogP contribution is -2.25. The predicted octanol–water partition coefficient (Wildman–Crippen LogP) is 1.80. The number of aliphatic hydroxyl groups is 1. The number of unbranched alkanes of at least 4 members (excludes halogenated alkanes) is 1. The molecule has 6 heteroatoms. The molecule has 0 spiro atoms. The number of aliphatic hydroxyl groups excluding tert-OH is 1. The molecule has 92 valence electrons. The summed E-state index contributed by atoms with van der Waals surface area (Å²) in [5, 5.41) is 7.71. The largest absolute Gasteiger partial charge is 0.396 e. The monoisotopic (exact) mass is 256 g/mol. The standard InChI is InChI=1S/C9H21O4PS/c1-9(6-4-7-10,14(11,12)13)5-2-3-8-15/h10,15H,2-8H2,1H3,(H2,11,12,13). The van der Waals surface area contributed by atoms with Crippen LogP contribution in [0.1, 0.15) is 39.0 Å². The molecule has 1 atom stereocenters. The van der Waals surface area contributed by atoms with Crippen LogP contribution in [0.5, 0.6) is 0 Å². The lowest BCUT2D eigenvalue weighted by Gasteiger charge is -2.30. The number of hydrogen-bond acceptors (Lipinski definition) is 3. The highest BCUT2D eigenvalue weighted by Gasteiger charge is 2.40. The molecular weight excluding hydrogens is 235 g/mol. The summed E-state index contributed by atoms with van der Waals surface area (Å²) in [5.41, 5.74) is 0. The van der Waals surface area contributed by atoms with Crippen LogP contribution in [0.4, 0.5) is 0 Å². The van der Waals surface area contributed by atoms with Crippen molar-refractivity contribution in [2.45, 2.75) is 44.2 Å². The van der Waals surface area contributed by atoms with Crippen LogP contribution < -0.4 is 0 Å². The van der Waals surface area contributed by atoms with Gasteiger partial charge in [-0.3, -0.25) is 4.57 Å². The highest BCUT2D eigenvalue weighted by Crippen LogP contribution is 2.55. The normalized spacial score (nSPS) is 16.3. The summed E-state index contributed by atoms with van der Waals surface area (Å²) >= 11 is 4.06. The van der Waals surface area contributed by atoms with Crippen molar-refractivity contribution >= 4 is 20.2 Å². The molecule has 0 saturated heterocycles. The SMILES string of the molecule is CC(CCCO)(CCCCS)P(=O)(O)O. The highest BCUT2D eigenvalue weighted by atomic mass is 32.1. The molecule has 15 heavy (non-hydrogen) atoms. The van der Waals surface area contributed by atoms with Gasteiger partial charge in [-0.2, -0.15) is 12.6 Å². The van der Waals surface area contributed by atoms with Crippen molar-refractivity contribution in [3.8, 4) is 0 Å². The lowest BCUT2D eigenvalue weighted by molar-refractivity contribution is 0.259. The fraction of sp³-hybridized carbons (Fsp3) is 1.00.